The summed E-state index contributed by atoms with van der Waals surface area (Å²) in [6.07, 6.45) is 0.448. The van der Waals surface area contributed by atoms with Gasteiger partial charge in [0.15, 0.2) is 0 Å². The summed E-state index contributed by atoms with van der Waals surface area (Å²) in [5, 5.41) is 14.4. The van der Waals surface area contributed by atoms with E-state index in [4.69, 9.17) is 16.7 Å². The molecule has 0 aliphatic heterocycles. The second-order valence-electron chi connectivity index (χ2n) is 4.14. The van der Waals surface area contributed by atoms with Crippen molar-refractivity contribution in [3.63, 3.8) is 0 Å². The maximum absolute atomic E-state index is 11.6. The first kappa shape index (κ1) is 15.3. The fourth-order valence-corrected chi connectivity index (χ4v) is 1.89. The van der Waals surface area contributed by atoms with Crippen molar-refractivity contribution in [2.75, 3.05) is 6.54 Å². The van der Waals surface area contributed by atoms with Gasteiger partial charge in [-0.3, -0.25) is 4.79 Å². The lowest BCUT2D eigenvalue weighted by molar-refractivity contribution is -0.137. The van der Waals surface area contributed by atoms with Gasteiger partial charge >= 0.3 is 12.0 Å². The van der Waals surface area contributed by atoms with Crippen LogP contribution < -0.4 is 10.6 Å². The molecule has 1 unspecified atom stereocenters. The minimum atomic E-state index is -0.869. The predicted octanol–water partition coefficient (Wildman–Crippen LogP) is 2.57. The Morgan fingerprint density at radius 1 is 1.37 bits per heavy atom. The Morgan fingerprint density at radius 2 is 2.05 bits per heavy atom. The van der Waals surface area contributed by atoms with E-state index in [1.54, 1.807) is 6.07 Å². The molecule has 0 spiro atoms. The van der Waals surface area contributed by atoms with E-state index in [0.717, 1.165) is 5.56 Å². The maximum atomic E-state index is 11.6. The number of rotatable bonds is 6. The zero-order valence-electron chi connectivity index (χ0n) is 10.6. The highest BCUT2D eigenvalue weighted by Gasteiger charge is 2.11. The molecule has 0 fully saturated rings. The highest BCUT2D eigenvalue weighted by molar-refractivity contribution is 6.31. The number of nitrogens with one attached hydrogen (secondary N) is 2. The van der Waals surface area contributed by atoms with Gasteiger partial charge in [0.2, 0.25) is 0 Å². The first-order chi connectivity index (χ1) is 9.00. The van der Waals surface area contributed by atoms with Gasteiger partial charge < -0.3 is 15.7 Å². The van der Waals surface area contributed by atoms with Crippen LogP contribution in [0, 0.1) is 0 Å². The Kier molecular flexibility index (Phi) is 6.15. The lowest BCUT2D eigenvalue weighted by Crippen LogP contribution is -2.37. The van der Waals surface area contributed by atoms with Crippen LogP contribution in [0.2, 0.25) is 5.02 Å². The molecule has 6 heteroatoms. The average Bonchev–Trinajstić information content (AvgIpc) is 2.35. The van der Waals surface area contributed by atoms with Crippen LogP contribution in [0.15, 0.2) is 24.3 Å². The summed E-state index contributed by atoms with van der Waals surface area (Å²) >= 11 is 6.03. The van der Waals surface area contributed by atoms with Crippen molar-refractivity contribution in [3.8, 4) is 0 Å². The number of benzene rings is 1. The van der Waals surface area contributed by atoms with E-state index < -0.39 is 5.97 Å². The van der Waals surface area contributed by atoms with Crippen molar-refractivity contribution in [2.24, 2.45) is 0 Å². The van der Waals surface area contributed by atoms with Crippen LogP contribution in [0.3, 0.4) is 0 Å². The van der Waals surface area contributed by atoms with Crippen LogP contribution in [0.1, 0.15) is 31.4 Å². The van der Waals surface area contributed by atoms with Gasteiger partial charge in [-0.25, -0.2) is 4.79 Å². The predicted molar refractivity (Wildman–Crippen MR) is 73.3 cm³/mol. The molecular weight excluding hydrogens is 268 g/mol. The minimum Gasteiger partial charge on any atom is -0.481 e. The Hall–Kier alpha value is -1.75. The van der Waals surface area contributed by atoms with E-state index in [0.29, 0.717) is 18.0 Å². The molecule has 1 aromatic carbocycles. The summed E-state index contributed by atoms with van der Waals surface area (Å²) in [5.74, 6) is -0.869. The van der Waals surface area contributed by atoms with Crippen molar-refractivity contribution in [3.05, 3.63) is 34.9 Å². The molecule has 0 saturated heterocycles. The average molecular weight is 285 g/mol. The molecule has 0 aliphatic rings. The zero-order valence-corrected chi connectivity index (χ0v) is 11.4. The van der Waals surface area contributed by atoms with Gasteiger partial charge in [0.25, 0.3) is 0 Å². The third kappa shape index (κ3) is 5.61. The van der Waals surface area contributed by atoms with E-state index >= 15 is 0 Å². The number of amides is 2. The van der Waals surface area contributed by atoms with Crippen molar-refractivity contribution in [1.29, 1.82) is 0 Å². The Labute approximate surface area is 117 Å². The van der Waals surface area contributed by atoms with Gasteiger partial charge in [0.05, 0.1) is 6.04 Å². The van der Waals surface area contributed by atoms with Gasteiger partial charge in [-0.1, -0.05) is 29.8 Å². The van der Waals surface area contributed by atoms with Crippen LogP contribution >= 0.6 is 11.6 Å². The van der Waals surface area contributed by atoms with Gasteiger partial charge in [0.1, 0.15) is 0 Å². The quantitative estimate of drug-likeness (QED) is 0.703. The highest BCUT2D eigenvalue weighted by atomic mass is 35.5. The number of aliphatic carboxylic acids is 1. The molecule has 0 saturated carbocycles. The normalized spacial score (nSPS) is 11.7. The third-order valence-electron chi connectivity index (χ3n) is 2.57. The SMILES string of the molecule is CC(NC(=O)NCCCC(=O)O)c1ccccc1Cl. The molecule has 104 valence electrons. The molecule has 0 aromatic heterocycles. The summed E-state index contributed by atoms with van der Waals surface area (Å²) in [5.41, 5.74) is 0.838. The topological polar surface area (TPSA) is 78.4 Å². The lowest BCUT2D eigenvalue weighted by atomic mass is 10.1. The van der Waals surface area contributed by atoms with E-state index in [2.05, 4.69) is 10.6 Å². The van der Waals surface area contributed by atoms with Crippen LogP contribution in [0.25, 0.3) is 0 Å². The van der Waals surface area contributed by atoms with E-state index in [9.17, 15) is 9.59 Å². The third-order valence-corrected chi connectivity index (χ3v) is 2.92. The first-order valence-corrected chi connectivity index (χ1v) is 6.39. The van der Waals surface area contributed by atoms with E-state index in [1.165, 1.54) is 0 Å². The largest absolute Gasteiger partial charge is 0.481 e. The number of halogens is 1. The number of carboxylic acids is 1. The molecular formula is C13H17ClN2O3. The molecule has 3 N–H and O–H groups in total. The summed E-state index contributed by atoms with van der Waals surface area (Å²) in [4.78, 5) is 21.9. The number of carbonyl (C=O) groups is 2. The Morgan fingerprint density at radius 3 is 2.68 bits per heavy atom. The van der Waals surface area contributed by atoms with Gasteiger partial charge in [-0.2, -0.15) is 0 Å². The van der Waals surface area contributed by atoms with Crippen molar-refractivity contribution in [2.45, 2.75) is 25.8 Å². The molecule has 2 amide bonds. The fourth-order valence-electron chi connectivity index (χ4n) is 1.59. The standard InChI is InChI=1S/C13H17ClN2O3/c1-9(10-5-2-3-6-11(10)14)16-13(19)15-8-4-7-12(17)18/h2-3,5-6,9H,4,7-8H2,1H3,(H,17,18)(H2,15,16,19). The molecule has 0 radical (unpaired) electrons. The summed E-state index contributed by atoms with van der Waals surface area (Å²) in [6, 6.07) is 6.73. The molecule has 1 atom stereocenters. The second-order valence-corrected chi connectivity index (χ2v) is 4.55. The number of carboxylic acid groups (broad SMARTS) is 1. The van der Waals surface area contributed by atoms with Gasteiger partial charge in [0, 0.05) is 18.0 Å². The molecule has 1 aromatic rings. The van der Waals surface area contributed by atoms with Gasteiger partial charge in [-0.05, 0) is 25.0 Å². The van der Waals surface area contributed by atoms with E-state index in [-0.39, 0.29) is 18.5 Å². The maximum Gasteiger partial charge on any atom is 0.315 e. The minimum absolute atomic E-state index is 0.0420. The molecule has 0 aliphatic carbocycles. The molecule has 0 bridgehead atoms. The Balaban J connectivity index is 2.36. The summed E-state index contributed by atoms with van der Waals surface area (Å²) in [7, 11) is 0. The van der Waals surface area contributed by atoms with Crippen LogP contribution in [0.4, 0.5) is 4.79 Å². The second kappa shape index (κ2) is 7.63. The highest BCUT2D eigenvalue weighted by Crippen LogP contribution is 2.21. The van der Waals surface area contributed by atoms with Gasteiger partial charge in [-0.15, -0.1) is 0 Å². The first-order valence-electron chi connectivity index (χ1n) is 6.01. The van der Waals surface area contributed by atoms with Crippen molar-refractivity contribution < 1.29 is 14.7 Å². The fraction of sp³-hybridized carbons (Fsp3) is 0.385. The van der Waals surface area contributed by atoms with Crippen LogP contribution in [-0.2, 0) is 4.79 Å². The smallest absolute Gasteiger partial charge is 0.315 e. The zero-order chi connectivity index (χ0) is 14.3. The lowest BCUT2D eigenvalue weighted by Gasteiger charge is -2.16. The molecule has 19 heavy (non-hydrogen) atoms. The van der Waals surface area contributed by atoms with Crippen molar-refractivity contribution >= 4 is 23.6 Å². The van der Waals surface area contributed by atoms with Crippen molar-refractivity contribution in [1.82, 2.24) is 10.6 Å². The van der Waals surface area contributed by atoms with E-state index in [1.807, 2.05) is 25.1 Å². The number of hydrogen-bond donors (Lipinski definition) is 3. The number of hydrogen-bond acceptors (Lipinski definition) is 2. The number of urea groups is 1. The summed E-state index contributed by atoms with van der Waals surface area (Å²) < 4.78 is 0. The van der Waals surface area contributed by atoms with Crippen LogP contribution in [-0.4, -0.2) is 23.7 Å². The monoisotopic (exact) mass is 284 g/mol. The molecule has 5 nitrogen and oxygen atoms in total. The summed E-state index contributed by atoms with van der Waals surface area (Å²) in [6.45, 7) is 2.16. The Bertz CT molecular complexity index is 451. The molecule has 1 rings (SSSR count). The molecule has 0 heterocycles. The van der Waals surface area contributed by atoms with Crippen LogP contribution in [0.5, 0.6) is 0 Å². The number of carbonyl (C=O) groups excluding carboxylic acids is 1.